The molecule has 0 fully saturated rings. The van der Waals surface area contributed by atoms with Crippen LogP contribution >= 0.6 is 23.2 Å². The number of aryl methyl sites for hydroxylation is 1. The number of nitriles is 1. The van der Waals surface area contributed by atoms with Gasteiger partial charge in [0.1, 0.15) is 6.07 Å². The number of rotatable bonds is 2. The third-order valence-electron chi connectivity index (χ3n) is 2.50. The first-order valence-corrected chi connectivity index (χ1v) is 6.08. The maximum absolute atomic E-state index is 9.05. The van der Waals surface area contributed by atoms with Crippen molar-refractivity contribution < 1.29 is 0 Å². The van der Waals surface area contributed by atoms with E-state index in [0.29, 0.717) is 21.3 Å². The summed E-state index contributed by atoms with van der Waals surface area (Å²) in [6, 6.07) is 12.9. The molecule has 0 radical (unpaired) electrons. The number of anilines is 2. The summed E-state index contributed by atoms with van der Waals surface area (Å²) in [5.74, 6) is 0. The molecular formula is C14H10Cl2N2. The lowest BCUT2D eigenvalue weighted by Crippen LogP contribution is -1.94. The largest absolute Gasteiger partial charge is 0.353 e. The van der Waals surface area contributed by atoms with Crippen LogP contribution in [0.25, 0.3) is 0 Å². The molecule has 0 unspecified atom stereocenters. The molecule has 2 aromatic carbocycles. The van der Waals surface area contributed by atoms with E-state index in [1.54, 1.807) is 18.2 Å². The molecule has 2 nitrogen and oxygen atoms in total. The summed E-state index contributed by atoms with van der Waals surface area (Å²) in [7, 11) is 0. The van der Waals surface area contributed by atoms with E-state index in [0.717, 1.165) is 11.3 Å². The molecule has 90 valence electrons. The van der Waals surface area contributed by atoms with Crippen LogP contribution in [0.5, 0.6) is 0 Å². The van der Waals surface area contributed by atoms with Crippen LogP contribution in [0.15, 0.2) is 36.4 Å². The highest BCUT2D eigenvalue weighted by molar-refractivity contribution is 6.33. The molecule has 0 atom stereocenters. The first kappa shape index (κ1) is 12.8. The Morgan fingerprint density at radius 3 is 2.44 bits per heavy atom. The Balaban J connectivity index is 2.37. The third kappa shape index (κ3) is 2.76. The second-order valence-corrected chi connectivity index (χ2v) is 4.75. The van der Waals surface area contributed by atoms with Gasteiger partial charge in [0, 0.05) is 5.02 Å². The molecule has 0 aliphatic rings. The second-order valence-electron chi connectivity index (χ2n) is 3.91. The smallest absolute Gasteiger partial charge is 0.101 e. The van der Waals surface area contributed by atoms with Crippen molar-refractivity contribution in [2.75, 3.05) is 5.32 Å². The first-order valence-electron chi connectivity index (χ1n) is 5.33. The minimum atomic E-state index is 0.485. The van der Waals surface area contributed by atoms with E-state index in [9.17, 15) is 0 Å². The molecule has 1 N–H and O–H groups in total. The standard InChI is InChI=1S/C14H10Cl2N2/c1-9-2-4-14(12(16)6-9)18-13-5-3-11(15)7-10(13)8-17/h2-7,18H,1H3. The van der Waals surface area contributed by atoms with E-state index in [4.69, 9.17) is 28.5 Å². The van der Waals surface area contributed by atoms with Gasteiger partial charge in [0.15, 0.2) is 0 Å². The van der Waals surface area contributed by atoms with E-state index in [-0.39, 0.29) is 0 Å². The molecular weight excluding hydrogens is 267 g/mol. The van der Waals surface area contributed by atoms with Crippen LogP contribution in [-0.4, -0.2) is 0 Å². The van der Waals surface area contributed by atoms with Crippen molar-refractivity contribution >= 4 is 34.6 Å². The number of nitrogens with one attached hydrogen (secondary N) is 1. The molecule has 0 spiro atoms. The Labute approximate surface area is 116 Å². The summed E-state index contributed by atoms with van der Waals surface area (Å²) in [4.78, 5) is 0. The summed E-state index contributed by atoms with van der Waals surface area (Å²) in [6.07, 6.45) is 0. The number of hydrogen-bond acceptors (Lipinski definition) is 2. The molecule has 0 saturated carbocycles. The monoisotopic (exact) mass is 276 g/mol. The van der Waals surface area contributed by atoms with Gasteiger partial charge in [0.25, 0.3) is 0 Å². The predicted molar refractivity (Wildman–Crippen MR) is 75.6 cm³/mol. The molecule has 0 amide bonds. The fraction of sp³-hybridized carbons (Fsp3) is 0.0714. The number of halogens is 2. The Kier molecular flexibility index (Phi) is 3.76. The van der Waals surface area contributed by atoms with E-state index in [1.807, 2.05) is 25.1 Å². The van der Waals surface area contributed by atoms with Gasteiger partial charge < -0.3 is 5.32 Å². The average Bonchev–Trinajstić information content (AvgIpc) is 2.34. The predicted octanol–water partition coefficient (Wildman–Crippen LogP) is 4.92. The number of hydrogen-bond donors (Lipinski definition) is 1. The van der Waals surface area contributed by atoms with Gasteiger partial charge in [-0.1, -0.05) is 29.3 Å². The van der Waals surface area contributed by atoms with Crippen molar-refractivity contribution in [3.05, 3.63) is 57.6 Å². The fourth-order valence-electron chi connectivity index (χ4n) is 1.58. The molecule has 2 aromatic rings. The average molecular weight is 277 g/mol. The first-order chi connectivity index (χ1) is 8.60. The Bertz CT molecular complexity index is 630. The minimum Gasteiger partial charge on any atom is -0.353 e. The van der Waals surface area contributed by atoms with E-state index < -0.39 is 0 Å². The SMILES string of the molecule is Cc1ccc(Nc2ccc(Cl)cc2C#N)c(Cl)c1. The van der Waals surface area contributed by atoms with Gasteiger partial charge in [-0.2, -0.15) is 5.26 Å². The topological polar surface area (TPSA) is 35.8 Å². The van der Waals surface area contributed by atoms with Crippen molar-refractivity contribution in [2.24, 2.45) is 0 Å². The van der Waals surface area contributed by atoms with Gasteiger partial charge in [-0.05, 0) is 42.8 Å². The van der Waals surface area contributed by atoms with Gasteiger partial charge in [-0.15, -0.1) is 0 Å². The zero-order valence-corrected chi connectivity index (χ0v) is 11.2. The molecule has 0 heterocycles. The Hall–Kier alpha value is -1.69. The maximum atomic E-state index is 9.05. The normalized spacial score (nSPS) is 9.89. The summed E-state index contributed by atoms with van der Waals surface area (Å²) in [6.45, 7) is 1.97. The van der Waals surface area contributed by atoms with Gasteiger partial charge >= 0.3 is 0 Å². The van der Waals surface area contributed by atoms with Crippen molar-refractivity contribution in [1.82, 2.24) is 0 Å². The van der Waals surface area contributed by atoms with Crippen LogP contribution in [0.3, 0.4) is 0 Å². The van der Waals surface area contributed by atoms with Crippen LogP contribution in [0.1, 0.15) is 11.1 Å². The van der Waals surface area contributed by atoms with Crippen molar-refractivity contribution in [1.29, 1.82) is 5.26 Å². The minimum absolute atomic E-state index is 0.485. The van der Waals surface area contributed by atoms with Crippen LogP contribution in [0, 0.1) is 18.3 Å². The molecule has 0 bridgehead atoms. The van der Waals surface area contributed by atoms with E-state index in [2.05, 4.69) is 11.4 Å². The fourth-order valence-corrected chi connectivity index (χ4v) is 2.04. The molecule has 4 heteroatoms. The van der Waals surface area contributed by atoms with Gasteiger partial charge in [-0.3, -0.25) is 0 Å². The maximum Gasteiger partial charge on any atom is 0.101 e. The third-order valence-corrected chi connectivity index (χ3v) is 3.04. The molecule has 2 rings (SSSR count). The van der Waals surface area contributed by atoms with Gasteiger partial charge in [-0.25, -0.2) is 0 Å². The molecule has 0 saturated heterocycles. The van der Waals surface area contributed by atoms with Gasteiger partial charge in [0.2, 0.25) is 0 Å². The van der Waals surface area contributed by atoms with Crippen LogP contribution in [0.2, 0.25) is 10.0 Å². The number of nitrogens with zero attached hydrogens (tertiary/aromatic N) is 1. The highest BCUT2D eigenvalue weighted by Gasteiger charge is 2.06. The molecule has 18 heavy (non-hydrogen) atoms. The van der Waals surface area contributed by atoms with Crippen LogP contribution < -0.4 is 5.32 Å². The second kappa shape index (κ2) is 5.30. The lowest BCUT2D eigenvalue weighted by atomic mass is 10.1. The molecule has 0 aliphatic heterocycles. The Morgan fingerprint density at radius 1 is 1.06 bits per heavy atom. The van der Waals surface area contributed by atoms with Crippen LogP contribution in [-0.2, 0) is 0 Å². The molecule has 0 aromatic heterocycles. The van der Waals surface area contributed by atoms with Crippen molar-refractivity contribution in [3.63, 3.8) is 0 Å². The zero-order chi connectivity index (χ0) is 13.1. The quantitative estimate of drug-likeness (QED) is 0.845. The van der Waals surface area contributed by atoms with Crippen molar-refractivity contribution in [3.8, 4) is 6.07 Å². The summed E-state index contributed by atoms with van der Waals surface area (Å²) < 4.78 is 0. The van der Waals surface area contributed by atoms with Crippen LogP contribution in [0.4, 0.5) is 11.4 Å². The summed E-state index contributed by atoms with van der Waals surface area (Å²) in [5, 5.41) is 13.3. The Morgan fingerprint density at radius 2 is 1.78 bits per heavy atom. The van der Waals surface area contributed by atoms with E-state index in [1.165, 1.54) is 0 Å². The zero-order valence-electron chi connectivity index (χ0n) is 9.67. The van der Waals surface area contributed by atoms with Gasteiger partial charge in [0.05, 0.1) is 22.0 Å². The number of benzene rings is 2. The molecule has 0 aliphatic carbocycles. The van der Waals surface area contributed by atoms with E-state index >= 15 is 0 Å². The highest BCUT2D eigenvalue weighted by atomic mass is 35.5. The lowest BCUT2D eigenvalue weighted by molar-refractivity contribution is 1.43. The summed E-state index contributed by atoms with van der Waals surface area (Å²) in [5.41, 5.74) is 3.02. The highest BCUT2D eigenvalue weighted by Crippen LogP contribution is 2.29. The summed E-state index contributed by atoms with van der Waals surface area (Å²) >= 11 is 12.0. The lowest BCUT2D eigenvalue weighted by Gasteiger charge is -2.10. The van der Waals surface area contributed by atoms with Crippen molar-refractivity contribution in [2.45, 2.75) is 6.92 Å².